The van der Waals surface area contributed by atoms with Gasteiger partial charge in [-0.15, -0.1) is 0 Å². The molecule has 1 aliphatic rings. The van der Waals surface area contributed by atoms with Crippen LogP contribution in [0.4, 0.5) is 0 Å². The highest BCUT2D eigenvalue weighted by Gasteiger charge is 2.24. The number of carbonyl (C=O) groups is 1. The second-order valence-corrected chi connectivity index (χ2v) is 7.63. The molecular formula is C21H35N5O. The second-order valence-electron chi connectivity index (χ2n) is 7.63. The zero-order valence-corrected chi connectivity index (χ0v) is 17.5. The van der Waals surface area contributed by atoms with E-state index in [2.05, 4.69) is 70.7 Å². The molecule has 150 valence electrons. The van der Waals surface area contributed by atoms with Crippen LogP contribution in [0.1, 0.15) is 36.4 Å². The van der Waals surface area contributed by atoms with Gasteiger partial charge in [-0.25, -0.2) is 0 Å². The Kier molecular flexibility index (Phi) is 8.10. The Balaban J connectivity index is 1.90. The van der Waals surface area contributed by atoms with Crippen molar-refractivity contribution in [1.29, 1.82) is 0 Å². The van der Waals surface area contributed by atoms with Crippen LogP contribution in [-0.4, -0.2) is 69.5 Å². The highest BCUT2D eigenvalue weighted by molar-refractivity contribution is 5.80. The molecule has 2 N–H and O–H groups in total. The van der Waals surface area contributed by atoms with E-state index in [0.29, 0.717) is 12.3 Å². The number of amides is 1. The van der Waals surface area contributed by atoms with Gasteiger partial charge in [0, 0.05) is 40.2 Å². The summed E-state index contributed by atoms with van der Waals surface area (Å²) in [4.78, 5) is 20.6. The predicted octanol–water partition coefficient (Wildman–Crippen LogP) is 2.02. The topological polar surface area (TPSA) is 60.0 Å². The third-order valence-electron chi connectivity index (χ3n) is 5.42. The molecule has 0 radical (unpaired) electrons. The fourth-order valence-electron chi connectivity index (χ4n) is 3.62. The number of carbonyl (C=O) groups excluding carboxylic acids is 1. The van der Waals surface area contributed by atoms with Crippen LogP contribution in [0.2, 0.25) is 0 Å². The van der Waals surface area contributed by atoms with Gasteiger partial charge in [0.05, 0.1) is 6.04 Å². The first-order chi connectivity index (χ1) is 12.9. The first kappa shape index (κ1) is 21.2. The quantitative estimate of drug-likeness (QED) is 0.592. The average molecular weight is 374 g/mol. The van der Waals surface area contributed by atoms with Gasteiger partial charge < -0.3 is 20.4 Å². The summed E-state index contributed by atoms with van der Waals surface area (Å²) < 4.78 is 0. The lowest BCUT2D eigenvalue weighted by Gasteiger charge is -2.35. The maximum Gasteiger partial charge on any atom is 0.220 e. The molecule has 1 fully saturated rings. The smallest absolute Gasteiger partial charge is 0.220 e. The lowest BCUT2D eigenvalue weighted by atomic mass is 9.93. The van der Waals surface area contributed by atoms with Crippen molar-refractivity contribution in [1.82, 2.24) is 20.4 Å². The molecule has 0 aromatic heterocycles. The minimum Gasteiger partial charge on any atom is -0.359 e. The number of guanidine groups is 1. The number of piperidine rings is 1. The summed E-state index contributed by atoms with van der Waals surface area (Å²) in [5, 5.41) is 6.28. The number of rotatable bonds is 6. The van der Waals surface area contributed by atoms with E-state index in [9.17, 15) is 4.79 Å². The lowest BCUT2D eigenvalue weighted by Crippen LogP contribution is -2.47. The number of aliphatic imine (C=N–C) groups is 1. The number of nitrogens with one attached hydrogen (secondary N) is 2. The largest absolute Gasteiger partial charge is 0.359 e. The molecule has 1 saturated heterocycles. The van der Waals surface area contributed by atoms with E-state index >= 15 is 0 Å². The number of nitrogens with zero attached hydrogens (tertiary/aromatic N) is 3. The molecule has 1 aromatic carbocycles. The number of benzene rings is 1. The molecule has 1 unspecified atom stereocenters. The van der Waals surface area contributed by atoms with E-state index in [-0.39, 0.29) is 11.9 Å². The van der Waals surface area contributed by atoms with Crippen LogP contribution in [0.5, 0.6) is 0 Å². The Morgan fingerprint density at radius 2 is 1.89 bits per heavy atom. The van der Waals surface area contributed by atoms with Crippen LogP contribution in [0.15, 0.2) is 29.3 Å². The van der Waals surface area contributed by atoms with Crippen LogP contribution < -0.4 is 10.6 Å². The molecule has 27 heavy (non-hydrogen) atoms. The van der Waals surface area contributed by atoms with Crippen molar-refractivity contribution in [2.75, 3.05) is 47.8 Å². The number of hydrogen-bond acceptors (Lipinski definition) is 3. The molecule has 1 heterocycles. The zero-order chi connectivity index (χ0) is 19.8. The third-order valence-corrected chi connectivity index (χ3v) is 5.42. The van der Waals surface area contributed by atoms with Crippen molar-refractivity contribution in [2.24, 2.45) is 10.9 Å². The maximum atomic E-state index is 11.6. The van der Waals surface area contributed by atoms with Gasteiger partial charge in [-0.05, 0) is 45.3 Å². The minimum absolute atomic E-state index is 0.142. The number of aryl methyl sites for hydroxylation is 1. The van der Waals surface area contributed by atoms with Crippen molar-refractivity contribution < 1.29 is 4.79 Å². The van der Waals surface area contributed by atoms with Crippen molar-refractivity contribution in [3.05, 3.63) is 35.4 Å². The maximum absolute atomic E-state index is 11.6. The van der Waals surface area contributed by atoms with E-state index in [1.54, 1.807) is 7.05 Å². The molecule has 0 aliphatic carbocycles. The third kappa shape index (κ3) is 6.24. The standard InChI is InChI=1S/C21H35N5O/c1-16-6-8-18(9-7-16)19(25(4)5)15-24-21(23-3)26-12-10-17(11-13-26)14-20(27)22-2/h6-9,17,19H,10-15H2,1-5H3,(H,22,27)(H,23,24). The van der Waals surface area contributed by atoms with Crippen LogP contribution in [-0.2, 0) is 4.79 Å². The normalized spacial score (nSPS) is 17.1. The highest BCUT2D eigenvalue weighted by Crippen LogP contribution is 2.21. The Morgan fingerprint density at radius 3 is 2.41 bits per heavy atom. The molecule has 1 atom stereocenters. The van der Waals surface area contributed by atoms with Gasteiger partial charge in [0.2, 0.25) is 5.91 Å². The molecule has 2 rings (SSSR count). The molecule has 1 aromatic rings. The first-order valence-electron chi connectivity index (χ1n) is 9.83. The van der Waals surface area contributed by atoms with Crippen LogP contribution in [0, 0.1) is 12.8 Å². The summed E-state index contributed by atoms with van der Waals surface area (Å²) >= 11 is 0. The molecule has 0 saturated carbocycles. The van der Waals surface area contributed by atoms with E-state index in [1.807, 2.05) is 7.05 Å². The van der Waals surface area contributed by atoms with E-state index in [0.717, 1.165) is 38.4 Å². The molecule has 1 aliphatic heterocycles. The highest BCUT2D eigenvalue weighted by atomic mass is 16.1. The first-order valence-corrected chi connectivity index (χ1v) is 9.83. The summed E-state index contributed by atoms with van der Waals surface area (Å²) in [5.41, 5.74) is 2.58. The number of likely N-dealkylation sites (tertiary alicyclic amines) is 1. The van der Waals surface area contributed by atoms with Gasteiger partial charge in [0.15, 0.2) is 5.96 Å². The number of hydrogen-bond donors (Lipinski definition) is 2. The van der Waals surface area contributed by atoms with Gasteiger partial charge in [-0.3, -0.25) is 9.79 Å². The van der Waals surface area contributed by atoms with Crippen molar-refractivity contribution in [3.8, 4) is 0 Å². The summed E-state index contributed by atoms with van der Waals surface area (Å²) in [5.74, 6) is 1.57. The molecular weight excluding hydrogens is 338 g/mol. The number of likely N-dealkylation sites (N-methyl/N-ethyl adjacent to an activating group) is 1. The van der Waals surface area contributed by atoms with Gasteiger partial charge in [0.1, 0.15) is 0 Å². The summed E-state index contributed by atoms with van der Waals surface area (Å²) in [6.07, 6.45) is 2.69. The minimum atomic E-state index is 0.142. The molecule has 1 amide bonds. The Morgan fingerprint density at radius 1 is 1.26 bits per heavy atom. The van der Waals surface area contributed by atoms with Crippen LogP contribution in [0.3, 0.4) is 0 Å². The second kappa shape index (κ2) is 10.3. The van der Waals surface area contributed by atoms with Crippen LogP contribution >= 0.6 is 0 Å². The molecule has 0 spiro atoms. The zero-order valence-electron chi connectivity index (χ0n) is 17.5. The SMILES string of the molecule is CN=C(NCC(c1ccc(C)cc1)N(C)C)N1CCC(CC(=O)NC)CC1. The summed E-state index contributed by atoms with van der Waals surface area (Å²) in [7, 11) is 7.77. The Hall–Kier alpha value is -2.08. The monoisotopic (exact) mass is 373 g/mol. The van der Waals surface area contributed by atoms with Crippen molar-refractivity contribution >= 4 is 11.9 Å². The fraction of sp³-hybridized carbons (Fsp3) is 0.619. The average Bonchev–Trinajstić information content (AvgIpc) is 2.67. The lowest BCUT2D eigenvalue weighted by molar-refractivity contribution is -0.121. The predicted molar refractivity (Wildman–Crippen MR) is 112 cm³/mol. The van der Waals surface area contributed by atoms with Gasteiger partial charge in [-0.2, -0.15) is 0 Å². The fourth-order valence-corrected chi connectivity index (χ4v) is 3.62. The van der Waals surface area contributed by atoms with Crippen molar-refractivity contribution in [3.63, 3.8) is 0 Å². The van der Waals surface area contributed by atoms with Gasteiger partial charge in [-0.1, -0.05) is 29.8 Å². The van der Waals surface area contributed by atoms with Crippen LogP contribution in [0.25, 0.3) is 0 Å². The summed E-state index contributed by atoms with van der Waals surface area (Å²) in [6.45, 7) is 4.81. The van der Waals surface area contributed by atoms with Gasteiger partial charge >= 0.3 is 0 Å². The van der Waals surface area contributed by atoms with E-state index in [4.69, 9.17) is 0 Å². The Labute approximate surface area is 164 Å². The van der Waals surface area contributed by atoms with Gasteiger partial charge in [0.25, 0.3) is 0 Å². The molecule has 6 heteroatoms. The van der Waals surface area contributed by atoms with E-state index in [1.165, 1.54) is 11.1 Å². The molecule has 6 nitrogen and oxygen atoms in total. The van der Waals surface area contributed by atoms with Crippen molar-refractivity contribution in [2.45, 2.75) is 32.2 Å². The molecule has 0 bridgehead atoms. The van der Waals surface area contributed by atoms with E-state index < -0.39 is 0 Å². The Bertz CT molecular complexity index is 618. The summed E-state index contributed by atoms with van der Waals surface area (Å²) in [6, 6.07) is 9.02.